The van der Waals surface area contributed by atoms with E-state index in [-0.39, 0.29) is 6.10 Å². The molecule has 1 heterocycles. The fourth-order valence-electron chi connectivity index (χ4n) is 1.48. The molecule has 0 radical (unpaired) electrons. The van der Waals surface area contributed by atoms with Crippen molar-refractivity contribution in [3.05, 3.63) is 0 Å². The molecule has 1 rings (SSSR count). The van der Waals surface area contributed by atoms with Crippen LogP contribution < -0.4 is 0 Å². The smallest absolute Gasteiger partial charge is 0.0528 e. The summed E-state index contributed by atoms with van der Waals surface area (Å²) in [5, 5.41) is 9.23. The van der Waals surface area contributed by atoms with Crippen molar-refractivity contribution in [2.75, 3.05) is 11.5 Å². The summed E-state index contributed by atoms with van der Waals surface area (Å²) in [5.74, 6) is 3.27. The van der Waals surface area contributed by atoms with Gasteiger partial charge in [-0.3, -0.25) is 0 Å². The standard InChI is InChI=1S/C9H18OS2/c1-7(6-8(2)10)9-11-4-3-5-12-9/h7-10H,3-6H2,1-2H3. The van der Waals surface area contributed by atoms with E-state index in [0.717, 1.165) is 11.0 Å². The van der Waals surface area contributed by atoms with Gasteiger partial charge < -0.3 is 5.11 Å². The second-order valence-electron chi connectivity index (χ2n) is 3.53. The molecule has 72 valence electrons. The Balaban J connectivity index is 2.24. The molecule has 0 aromatic carbocycles. The lowest BCUT2D eigenvalue weighted by Crippen LogP contribution is -2.19. The van der Waals surface area contributed by atoms with Crippen LogP contribution in [0.25, 0.3) is 0 Å². The average Bonchev–Trinajstić information content (AvgIpc) is 2.05. The van der Waals surface area contributed by atoms with Gasteiger partial charge in [-0.1, -0.05) is 6.92 Å². The molecule has 1 N–H and O–H groups in total. The lowest BCUT2D eigenvalue weighted by atomic mass is 10.1. The van der Waals surface area contributed by atoms with Crippen LogP contribution >= 0.6 is 23.5 Å². The van der Waals surface area contributed by atoms with Crippen LogP contribution in [-0.4, -0.2) is 27.3 Å². The van der Waals surface area contributed by atoms with Crippen LogP contribution in [0.5, 0.6) is 0 Å². The molecule has 1 fully saturated rings. The average molecular weight is 206 g/mol. The Hall–Kier alpha value is 0.660. The lowest BCUT2D eigenvalue weighted by molar-refractivity contribution is 0.167. The SMILES string of the molecule is CC(O)CC(C)C1SCCCS1. The minimum Gasteiger partial charge on any atom is -0.393 e. The molecule has 2 atom stereocenters. The molecular formula is C9H18OS2. The molecule has 0 aromatic heterocycles. The molecule has 0 spiro atoms. The molecular weight excluding hydrogens is 188 g/mol. The van der Waals surface area contributed by atoms with Gasteiger partial charge in [-0.15, -0.1) is 23.5 Å². The number of rotatable bonds is 3. The van der Waals surface area contributed by atoms with Gasteiger partial charge in [0.25, 0.3) is 0 Å². The van der Waals surface area contributed by atoms with E-state index < -0.39 is 0 Å². The maximum absolute atomic E-state index is 9.23. The predicted molar refractivity (Wildman–Crippen MR) is 58.8 cm³/mol. The molecule has 0 amide bonds. The summed E-state index contributed by atoms with van der Waals surface area (Å²) >= 11 is 4.13. The maximum Gasteiger partial charge on any atom is 0.0528 e. The first-order valence-corrected chi connectivity index (χ1v) is 6.71. The van der Waals surface area contributed by atoms with Crippen molar-refractivity contribution in [3.8, 4) is 0 Å². The summed E-state index contributed by atoms with van der Waals surface area (Å²) in [6.45, 7) is 4.14. The number of aliphatic hydroxyl groups is 1. The van der Waals surface area contributed by atoms with Crippen molar-refractivity contribution in [1.29, 1.82) is 0 Å². The van der Waals surface area contributed by atoms with Crippen LogP contribution in [0.4, 0.5) is 0 Å². The summed E-state index contributed by atoms with van der Waals surface area (Å²) in [4.78, 5) is 0. The van der Waals surface area contributed by atoms with Gasteiger partial charge in [-0.2, -0.15) is 0 Å². The van der Waals surface area contributed by atoms with E-state index >= 15 is 0 Å². The van der Waals surface area contributed by atoms with Crippen molar-refractivity contribution in [3.63, 3.8) is 0 Å². The van der Waals surface area contributed by atoms with E-state index in [1.165, 1.54) is 17.9 Å². The molecule has 3 heteroatoms. The predicted octanol–water partition coefficient (Wildman–Crippen LogP) is 2.59. The third-order valence-electron chi connectivity index (χ3n) is 2.03. The van der Waals surface area contributed by atoms with Crippen LogP contribution in [0.1, 0.15) is 26.7 Å². The number of aliphatic hydroxyl groups excluding tert-OH is 1. The van der Waals surface area contributed by atoms with E-state index in [9.17, 15) is 5.11 Å². The summed E-state index contributed by atoms with van der Waals surface area (Å²) < 4.78 is 0.730. The minimum absolute atomic E-state index is 0.136. The first kappa shape index (κ1) is 10.7. The van der Waals surface area contributed by atoms with Crippen molar-refractivity contribution >= 4 is 23.5 Å². The molecule has 0 aliphatic carbocycles. The Bertz CT molecular complexity index is 122. The van der Waals surface area contributed by atoms with E-state index in [2.05, 4.69) is 30.4 Å². The summed E-state index contributed by atoms with van der Waals surface area (Å²) in [7, 11) is 0. The molecule has 1 aliphatic heterocycles. The molecule has 2 unspecified atom stereocenters. The van der Waals surface area contributed by atoms with E-state index in [0.29, 0.717) is 5.92 Å². The van der Waals surface area contributed by atoms with Gasteiger partial charge in [0, 0.05) is 0 Å². The summed E-state index contributed by atoms with van der Waals surface area (Å²) in [6, 6.07) is 0. The van der Waals surface area contributed by atoms with Gasteiger partial charge in [0.15, 0.2) is 0 Å². The topological polar surface area (TPSA) is 20.2 Å². The van der Waals surface area contributed by atoms with Crippen molar-refractivity contribution in [2.45, 2.75) is 37.4 Å². The summed E-state index contributed by atoms with van der Waals surface area (Å²) in [6.07, 6.45) is 2.17. The lowest BCUT2D eigenvalue weighted by Gasteiger charge is -2.27. The second-order valence-corrected chi connectivity index (χ2v) is 6.32. The van der Waals surface area contributed by atoms with Gasteiger partial charge in [-0.25, -0.2) is 0 Å². The van der Waals surface area contributed by atoms with Gasteiger partial charge >= 0.3 is 0 Å². The number of hydrogen-bond acceptors (Lipinski definition) is 3. The van der Waals surface area contributed by atoms with Crippen LogP contribution in [0.3, 0.4) is 0 Å². The number of hydrogen-bond donors (Lipinski definition) is 1. The zero-order valence-corrected chi connectivity index (χ0v) is 9.46. The van der Waals surface area contributed by atoms with Gasteiger partial charge in [-0.05, 0) is 37.2 Å². The highest BCUT2D eigenvalue weighted by Gasteiger charge is 2.21. The largest absolute Gasteiger partial charge is 0.393 e. The zero-order valence-electron chi connectivity index (χ0n) is 7.82. The van der Waals surface area contributed by atoms with E-state index in [4.69, 9.17) is 0 Å². The zero-order chi connectivity index (χ0) is 8.97. The van der Waals surface area contributed by atoms with E-state index in [1.54, 1.807) is 0 Å². The van der Waals surface area contributed by atoms with Gasteiger partial charge in [0.05, 0.1) is 10.7 Å². The fourth-order valence-corrected chi connectivity index (χ4v) is 4.59. The fraction of sp³-hybridized carbons (Fsp3) is 1.00. The highest BCUT2D eigenvalue weighted by Crippen LogP contribution is 2.37. The Morgan fingerprint density at radius 3 is 2.42 bits per heavy atom. The molecule has 1 saturated heterocycles. The van der Waals surface area contributed by atoms with E-state index in [1.807, 2.05) is 6.92 Å². The van der Waals surface area contributed by atoms with Gasteiger partial charge in [0.1, 0.15) is 0 Å². The summed E-state index contributed by atoms with van der Waals surface area (Å²) in [5.41, 5.74) is 0. The monoisotopic (exact) mass is 206 g/mol. The molecule has 12 heavy (non-hydrogen) atoms. The van der Waals surface area contributed by atoms with Gasteiger partial charge in [0.2, 0.25) is 0 Å². The molecule has 1 nitrogen and oxygen atoms in total. The third kappa shape index (κ3) is 3.58. The maximum atomic E-state index is 9.23. The second kappa shape index (κ2) is 5.40. The normalized spacial score (nSPS) is 25.2. The molecule has 1 aliphatic rings. The van der Waals surface area contributed by atoms with Crippen LogP contribution in [-0.2, 0) is 0 Å². The minimum atomic E-state index is -0.136. The Morgan fingerprint density at radius 2 is 1.92 bits per heavy atom. The van der Waals surface area contributed by atoms with Crippen molar-refractivity contribution in [2.24, 2.45) is 5.92 Å². The quantitative estimate of drug-likeness (QED) is 0.766. The Morgan fingerprint density at radius 1 is 1.33 bits per heavy atom. The van der Waals surface area contributed by atoms with Crippen molar-refractivity contribution < 1.29 is 5.11 Å². The molecule has 0 saturated carbocycles. The Kier molecular flexibility index (Phi) is 4.84. The van der Waals surface area contributed by atoms with Crippen LogP contribution in [0.2, 0.25) is 0 Å². The molecule has 0 aromatic rings. The first-order valence-electron chi connectivity index (χ1n) is 4.61. The third-order valence-corrected chi connectivity index (χ3v) is 5.48. The highest BCUT2D eigenvalue weighted by molar-refractivity contribution is 8.17. The van der Waals surface area contributed by atoms with Crippen LogP contribution in [0.15, 0.2) is 0 Å². The number of thioether (sulfide) groups is 2. The van der Waals surface area contributed by atoms with Crippen molar-refractivity contribution in [1.82, 2.24) is 0 Å². The molecule has 0 bridgehead atoms. The van der Waals surface area contributed by atoms with Crippen LogP contribution in [0, 0.1) is 5.92 Å². The Labute approximate surface area is 83.7 Å². The highest BCUT2D eigenvalue weighted by atomic mass is 32.2. The first-order chi connectivity index (χ1) is 5.70.